The monoisotopic (exact) mass is 391 g/mol. The number of imidazole rings is 1. The summed E-state index contributed by atoms with van der Waals surface area (Å²) in [5.74, 6) is 0.829. The summed E-state index contributed by atoms with van der Waals surface area (Å²) in [6, 6.07) is 6.14. The van der Waals surface area contributed by atoms with Gasteiger partial charge in [0.25, 0.3) is 0 Å². The summed E-state index contributed by atoms with van der Waals surface area (Å²) in [7, 11) is 3.96. The molecule has 4 heterocycles. The summed E-state index contributed by atoms with van der Waals surface area (Å²) in [4.78, 5) is 17.7. The number of anilines is 2. The minimum atomic E-state index is -0.354. The van der Waals surface area contributed by atoms with Crippen molar-refractivity contribution in [3.8, 4) is 6.07 Å². The quantitative estimate of drug-likeness (QED) is 0.661. The Hall–Kier alpha value is -3.02. The molecule has 0 aliphatic carbocycles. The second-order valence-corrected chi connectivity index (χ2v) is 7.22. The van der Waals surface area contributed by atoms with E-state index in [0.717, 1.165) is 53.3 Å². The Labute approximate surface area is 170 Å². The van der Waals surface area contributed by atoms with Gasteiger partial charge in [0.15, 0.2) is 0 Å². The number of pyridine rings is 2. The third-order valence-corrected chi connectivity index (χ3v) is 5.48. The zero-order valence-corrected chi connectivity index (χ0v) is 17.0. The first-order valence-corrected chi connectivity index (χ1v) is 9.83. The van der Waals surface area contributed by atoms with Gasteiger partial charge in [-0.2, -0.15) is 5.26 Å². The lowest BCUT2D eigenvalue weighted by Gasteiger charge is -2.30. The fourth-order valence-corrected chi connectivity index (χ4v) is 3.74. The van der Waals surface area contributed by atoms with E-state index in [1.54, 1.807) is 12.5 Å². The predicted molar refractivity (Wildman–Crippen MR) is 111 cm³/mol. The molecule has 1 aliphatic rings. The van der Waals surface area contributed by atoms with E-state index in [2.05, 4.69) is 38.9 Å². The van der Waals surface area contributed by atoms with E-state index in [4.69, 9.17) is 4.74 Å². The number of rotatable bonds is 5. The molecule has 1 aliphatic heterocycles. The molecular weight excluding hydrogens is 366 g/mol. The molecule has 0 amide bonds. The van der Waals surface area contributed by atoms with Gasteiger partial charge in [-0.25, -0.2) is 9.97 Å². The minimum absolute atomic E-state index is 0.354. The molecule has 1 atom stereocenters. The molecule has 8 heteroatoms. The van der Waals surface area contributed by atoms with Crippen molar-refractivity contribution in [1.29, 1.82) is 5.26 Å². The standard InChI is InChI=1S/C21H25N7O/c1-4-15-9-16(19(11-22)28-5-7-29-8-6-28)23-13-20(15)27(3)21-10-18-17(12-24-21)25-14-26(18)2/h9-10,12-14,19H,4-8H2,1-3H3. The topological polar surface area (TPSA) is 83.1 Å². The van der Waals surface area contributed by atoms with Crippen LogP contribution >= 0.6 is 0 Å². The molecule has 4 rings (SSSR count). The molecule has 150 valence electrons. The Morgan fingerprint density at radius 1 is 1.21 bits per heavy atom. The molecule has 0 saturated carbocycles. The van der Waals surface area contributed by atoms with E-state index in [1.165, 1.54) is 0 Å². The lowest BCUT2D eigenvalue weighted by molar-refractivity contribution is 0.0259. The fourth-order valence-electron chi connectivity index (χ4n) is 3.74. The Morgan fingerprint density at radius 2 is 2.00 bits per heavy atom. The molecule has 29 heavy (non-hydrogen) atoms. The number of aromatic nitrogens is 4. The number of fused-ring (bicyclic) bond motifs is 1. The Bertz CT molecular complexity index is 1050. The molecule has 0 radical (unpaired) electrons. The molecule has 1 unspecified atom stereocenters. The lowest BCUT2D eigenvalue weighted by atomic mass is 10.1. The predicted octanol–water partition coefficient (Wildman–Crippen LogP) is 2.59. The van der Waals surface area contributed by atoms with Crippen LogP contribution in [-0.4, -0.2) is 57.8 Å². The van der Waals surface area contributed by atoms with Gasteiger partial charge in [0.1, 0.15) is 17.4 Å². The Balaban J connectivity index is 1.66. The highest BCUT2D eigenvalue weighted by atomic mass is 16.5. The summed E-state index contributed by atoms with van der Waals surface area (Å²) in [6.07, 6.45) is 6.27. The van der Waals surface area contributed by atoms with Crippen molar-refractivity contribution in [3.05, 3.63) is 42.1 Å². The summed E-state index contributed by atoms with van der Waals surface area (Å²) >= 11 is 0. The normalized spacial score (nSPS) is 15.9. The molecule has 1 saturated heterocycles. The first-order valence-electron chi connectivity index (χ1n) is 9.83. The van der Waals surface area contributed by atoms with Crippen LogP contribution in [0.4, 0.5) is 11.5 Å². The number of hydrogen-bond donors (Lipinski definition) is 0. The van der Waals surface area contributed by atoms with Crippen LogP contribution in [0.15, 0.2) is 30.9 Å². The van der Waals surface area contributed by atoms with Gasteiger partial charge in [0, 0.05) is 33.3 Å². The number of aryl methyl sites for hydroxylation is 2. The van der Waals surface area contributed by atoms with Crippen LogP contribution in [0.3, 0.4) is 0 Å². The molecule has 3 aromatic rings. The van der Waals surface area contributed by atoms with E-state index >= 15 is 0 Å². The number of hydrogen-bond acceptors (Lipinski definition) is 7. The second-order valence-electron chi connectivity index (χ2n) is 7.22. The molecule has 1 fully saturated rings. The lowest BCUT2D eigenvalue weighted by Crippen LogP contribution is -2.38. The zero-order chi connectivity index (χ0) is 20.4. The number of morpholine rings is 1. The Morgan fingerprint density at radius 3 is 2.72 bits per heavy atom. The van der Waals surface area contributed by atoms with E-state index in [0.29, 0.717) is 13.2 Å². The van der Waals surface area contributed by atoms with Gasteiger partial charge in [-0.3, -0.25) is 9.88 Å². The van der Waals surface area contributed by atoms with Gasteiger partial charge in [-0.15, -0.1) is 0 Å². The average Bonchev–Trinajstić information content (AvgIpc) is 3.14. The maximum Gasteiger partial charge on any atom is 0.141 e. The van der Waals surface area contributed by atoms with Gasteiger partial charge in [0.05, 0.1) is 54.9 Å². The highest BCUT2D eigenvalue weighted by Gasteiger charge is 2.24. The molecule has 8 nitrogen and oxygen atoms in total. The molecular formula is C21H25N7O. The molecule has 0 bridgehead atoms. The smallest absolute Gasteiger partial charge is 0.141 e. The van der Waals surface area contributed by atoms with E-state index < -0.39 is 0 Å². The number of nitriles is 1. The number of ether oxygens (including phenoxy) is 1. The van der Waals surface area contributed by atoms with E-state index in [9.17, 15) is 5.26 Å². The van der Waals surface area contributed by atoms with Crippen molar-refractivity contribution in [1.82, 2.24) is 24.4 Å². The van der Waals surface area contributed by atoms with Crippen LogP contribution in [0, 0.1) is 11.3 Å². The maximum atomic E-state index is 9.76. The van der Waals surface area contributed by atoms with Crippen LogP contribution < -0.4 is 4.90 Å². The van der Waals surface area contributed by atoms with Crippen molar-refractivity contribution >= 4 is 22.5 Å². The summed E-state index contributed by atoms with van der Waals surface area (Å²) in [5, 5.41) is 9.76. The third kappa shape index (κ3) is 3.67. The average molecular weight is 391 g/mol. The van der Waals surface area contributed by atoms with Crippen molar-refractivity contribution in [2.75, 3.05) is 38.3 Å². The number of nitrogens with zero attached hydrogens (tertiary/aromatic N) is 7. The maximum absolute atomic E-state index is 9.76. The van der Waals surface area contributed by atoms with Crippen LogP contribution in [0.1, 0.15) is 24.2 Å². The van der Waals surface area contributed by atoms with Crippen LogP contribution in [-0.2, 0) is 18.2 Å². The second kappa shape index (κ2) is 8.15. The van der Waals surface area contributed by atoms with Crippen molar-refractivity contribution < 1.29 is 4.74 Å². The fraction of sp³-hybridized carbons (Fsp3) is 0.429. The SMILES string of the molecule is CCc1cc(C(C#N)N2CCOCC2)ncc1N(C)c1cc2c(cn1)ncn2C. The highest BCUT2D eigenvalue weighted by molar-refractivity contribution is 5.79. The summed E-state index contributed by atoms with van der Waals surface area (Å²) < 4.78 is 7.40. The van der Waals surface area contributed by atoms with Crippen LogP contribution in [0.5, 0.6) is 0 Å². The van der Waals surface area contributed by atoms with Gasteiger partial charge >= 0.3 is 0 Å². The third-order valence-electron chi connectivity index (χ3n) is 5.48. The summed E-state index contributed by atoms with van der Waals surface area (Å²) in [5.41, 5.74) is 4.82. The van der Waals surface area contributed by atoms with Crippen molar-refractivity contribution in [3.63, 3.8) is 0 Å². The van der Waals surface area contributed by atoms with E-state index in [-0.39, 0.29) is 6.04 Å². The molecule has 0 aromatic carbocycles. The molecule has 0 spiro atoms. The van der Waals surface area contributed by atoms with Crippen LogP contribution in [0.25, 0.3) is 11.0 Å². The Kier molecular flexibility index (Phi) is 5.43. The first kappa shape index (κ1) is 19.3. The van der Waals surface area contributed by atoms with E-state index in [1.807, 2.05) is 35.8 Å². The van der Waals surface area contributed by atoms with Gasteiger partial charge < -0.3 is 14.2 Å². The zero-order valence-electron chi connectivity index (χ0n) is 17.0. The molecule has 0 N–H and O–H groups in total. The largest absolute Gasteiger partial charge is 0.379 e. The van der Waals surface area contributed by atoms with Gasteiger partial charge in [-0.1, -0.05) is 6.92 Å². The summed E-state index contributed by atoms with van der Waals surface area (Å²) in [6.45, 7) is 4.92. The molecule has 3 aromatic heterocycles. The highest BCUT2D eigenvalue weighted by Crippen LogP contribution is 2.30. The minimum Gasteiger partial charge on any atom is -0.379 e. The first-order chi connectivity index (χ1) is 14.1. The van der Waals surface area contributed by atoms with Crippen molar-refractivity contribution in [2.24, 2.45) is 7.05 Å². The van der Waals surface area contributed by atoms with Crippen molar-refractivity contribution in [2.45, 2.75) is 19.4 Å². The van der Waals surface area contributed by atoms with Gasteiger partial charge in [0.2, 0.25) is 0 Å². The van der Waals surface area contributed by atoms with Crippen LogP contribution in [0.2, 0.25) is 0 Å². The van der Waals surface area contributed by atoms with Gasteiger partial charge in [-0.05, 0) is 18.1 Å².